The van der Waals surface area contributed by atoms with Crippen LogP contribution in [-0.2, 0) is 6.18 Å². The molecule has 19 heavy (non-hydrogen) atoms. The Labute approximate surface area is 111 Å². The standard InChI is InChI=1S/C13H8ClF4N/c14-10-6-8(2-4-12(10)19)7-1-3-11(15)9(5-7)13(16,17)18/h1-6H,19H2. The molecule has 100 valence electrons. The Bertz CT molecular complexity index is 623. The number of alkyl halides is 3. The highest BCUT2D eigenvalue weighted by Gasteiger charge is 2.34. The van der Waals surface area contributed by atoms with Crippen molar-refractivity contribution in [2.24, 2.45) is 0 Å². The highest BCUT2D eigenvalue weighted by atomic mass is 35.5. The van der Waals surface area contributed by atoms with Crippen molar-refractivity contribution < 1.29 is 17.6 Å². The van der Waals surface area contributed by atoms with Crippen LogP contribution in [0.2, 0.25) is 5.02 Å². The summed E-state index contributed by atoms with van der Waals surface area (Å²) in [5.41, 5.74) is 5.19. The molecule has 0 heterocycles. The Morgan fingerprint density at radius 3 is 2.11 bits per heavy atom. The number of nitrogen functional groups attached to an aromatic ring is 1. The van der Waals surface area contributed by atoms with Crippen LogP contribution in [0.4, 0.5) is 23.2 Å². The van der Waals surface area contributed by atoms with Gasteiger partial charge in [0.05, 0.1) is 16.3 Å². The minimum absolute atomic E-state index is 0.218. The van der Waals surface area contributed by atoms with Crippen LogP contribution >= 0.6 is 11.6 Å². The molecule has 0 fully saturated rings. The molecule has 0 saturated carbocycles. The van der Waals surface area contributed by atoms with Crippen LogP contribution in [0.1, 0.15) is 5.56 Å². The maximum absolute atomic E-state index is 13.2. The van der Waals surface area contributed by atoms with Crippen LogP contribution in [0.25, 0.3) is 11.1 Å². The first-order valence-corrected chi connectivity index (χ1v) is 5.59. The average Bonchev–Trinajstić information content (AvgIpc) is 2.32. The normalized spacial score (nSPS) is 11.6. The molecule has 0 atom stereocenters. The van der Waals surface area contributed by atoms with E-state index < -0.39 is 17.6 Å². The first-order valence-electron chi connectivity index (χ1n) is 5.21. The van der Waals surface area contributed by atoms with Gasteiger partial charge < -0.3 is 5.73 Å². The third-order valence-corrected chi connectivity index (χ3v) is 2.93. The Hall–Kier alpha value is -1.75. The topological polar surface area (TPSA) is 26.0 Å². The van der Waals surface area contributed by atoms with Crippen molar-refractivity contribution in [2.75, 3.05) is 5.73 Å². The molecule has 0 aliphatic carbocycles. The first-order chi connectivity index (χ1) is 8.79. The van der Waals surface area contributed by atoms with Crippen LogP contribution < -0.4 is 5.73 Å². The zero-order valence-electron chi connectivity index (χ0n) is 9.43. The van der Waals surface area contributed by atoms with E-state index >= 15 is 0 Å². The number of nitrogens with two attached hydrogens (primary N) is 1. The van der Waals surface area contributed by atoms with Crippen molar-refractivity contribution in [3.05, 3.63) is 52.8 Å². The second-order valence-corrected chi connectivity index (χ2v) is 4.34. The maximum atomic E-state index is 13.2. The van der Waals surface area contributed by atoms with Crippen LogP contribution in [0.5, 0.6) is 0 Å². The van der Waals surface area contributed by atoms with Crippen molar-refractivity contribution in [1.82, 2.24) is 0 Å². The molecule has 2 N–H and O–H groups in total. The summed E-state index contributed by atoms with van der Waals surface area (Å²) >= 11 is 5.80. The number of anilines is 1. The fraction of sp³-hybridized carbons (Fsp3) is 0.0769. The van der Waals surface area contributed by atoms with E-state index in [2.05, 4.69) is 0 Å². The summed E-state index contributed by atoms with van der Waals surface area (Å²) in [5, 5.41) is 0.232. The van der Waals surface area contributed by atoms with E-state index in [-0.39, 0.29) is 10.6 Å². The van der Waals surface area contributed by atoms with Crippen LogP contribution in [0.3, 0.4) is 0 Å². The summed E-state index contributed by atoms with van der Waals surface area (Å²) < 4.78 is 51.0. The average molecular weight is 290 g/mol. The molecular weight excluding hydrogens is 282 g/mol. The van der Waals surface area contributed by atoms with Gasteiger partial charge in [-0.05, 0) is 35.4 Å². The molecule has 0 bridgehead atoms. The lowest BCUT2D eigenvalue weighted by molar-refractivity contribution is -0.139. The zero-order chi connectivity index (χ0) is 14.2. The second-order valence-electron chi connectivity index (χ2n) is 3.93. The molecule has 0 radical (unpaired) electrons. The van der Waals surface area contributed by atoms with E-state index in [1.807, 2.05) is 0 Å². The number of halogens is 5. The molecule has 2 aromatic carbocycles. The summed E-state index contributed by atoms with van der Waals surface area (Å²) in [6.07, 6.45) is -4.74. The number of hydrogen-bond acceptors (Lipinski definition) is 1. The van der Waals surface area contributed by atoms with Crippen LogP contribution in [0, 0.1) is 5.82 Å². The van der Waals surface area contributed by atoms with E-state index in [0.29, 0.717) is 11.3 Å². The smallest absolute Gasteiger partial charge is 0.398 e. The number of benzene rings is 2. The van der Waals surface area contributed by atoms with Gasteiger partial charge in [0, 0.05) is 0 Å². The molecule has 0 unspecified atom stereocenters. The van der Waals surface area contributed by atoms with Crippen molar-refractivity contribution in [3.8, 4) is 11.1 Å². The van der Waals surface area contributed by atoms with Gasteiger partial charge in [-0.1, -0.05) is 23.7 Å². The molecular formula is C13H8ClF4N. The molecule has 0 amide bonds. The van der Waals surface area contributed by atoms with E-state index in [1.165, 1.54) is 24.3 Å². The first kappa shape index (κ1) is 13.7. The molecule has 0 spiro atoms. The second kappa shape index (κ2) is 4.74. The number of rotatable bonds is 1. The van der Waals surface area contributed by atoms with Gasteiger partial charge in [0.25, 0.3) is 0 Å². The summed E-state index contributed by atoms with van der Waals surface area (Å²) in [6.45, 7) is 0. The van der Waals surface area contributed by atoms with Gasteiger partial charge in [-0.25, -0.2) is 4.39 Å². The van der Waals surface area contributed by atoms with Crippen molar-refractivity contribution in [3.63, 3.8) is 0 Å². The lowest BCUT2D eigenvalue weighted by Crippen LogP contribution is -2.08. The highest BCUT2D eigenvalue weighted by Crippen LogP contribution is 2.35. The fourth-order valence-electron chi connectivity index (χ4n) is 1.63. The van der Waals surface area contributed by atoms with Crippen LogP contribution in [0.15, 0.2) is 36.4 Å². The van der Waals surface area contributed by atoms with Gasteiger partial charge in [0.2, 0.25) is 0 Å². The monoisotopic (exact) mass is 289 g/mol. The van der Waals surface area contributed by atoms with Crippen molar-refractivity contribution in [2.45, 2.75) is 6.18 Å². The highest BCUT2D eigenvalue weighted by molar-refractivity contribution is 6.33. The Morgan fingerprint density at radius 2 is 1.53 bits per heavy atom. The Kier molecular flexibility index (Phi) is 3.41. The third-order valence-electron chi connectivity index (χ3n) is 2.61. The maximum Gasteiger partial charge on any atom is 0.419 e. The quantitative estimate of drug-likeness (QED) is 0.595. The summed E-state index contributed by atoms with van der Waals surface area (Å²) in [7, 11) is 0. The molecule has 6 heteroatoms. The van der Waals surface area contributed by atoms with E-state index in [9.17, 15) is 17.6 Å². The molecule has 1 nitrogen and oxygen atoms in total. The van der Waals surface area contributed by atoms with E-state index in [1.54, 1.807) is 0 Å². The number of hydrogen-bond donors (Lipinski definition) is 1. The van der Waals surface area contributed by atoms with Gasteiger partial charge in [-0.3, -0.25) is 0 Å². The Morgan fingerprint density at radius 1 is 0.947 bits per heavy atom. The third kappa shape index (κ3) is 2.81. The van der Waals surface area contributed by atoms with Gasteiger partial charge in [-0.15, -0.1) is 0 Å². The molecule has 0 saturated heterocycles. The lowest BCUT2D eigenvalue weighted by atomic mass is 10.0. The molecule has 0 aliphatic rings. The van der Waals surface area contributed by atoms with Gasteiger partial charge >= 0.3 is 6.18 Å². The summed E-state index contributed by atoms with van der Waals surface area (Å²) in [4.78, 5) is 0. The molecule has 2 rings (SSSR count). The van der Waals surface area contributed by atoms with Crippen molar-refractivity contribution >= 4 is 17.3 Å². The minimum Gasteiger partial charge on any atom is -0.398 e. The minimum atomic E-state index is -4.74. The SMILES string of the molecule is Nc1ccc(-c2ccc(F)c(C(F)(F)F)c2)cc1Cl. The predicted octanol–water partition coefficient (Wildman–Crippen LogP) is 4.75. The summed E-state index contributed by atoms with van der Waals surface area (Å²) in [6, 6.07) is 7.22. The van der Waals surface area contributed by atoms with Gasteiger partial charge in [0.1, 0.15) is 5.82 Å². The van der Waals surface area contributed by atoms with Gasteiger partial charge in [-0.2, -0.15) is 13.2 Å². The van der Waals surface area contributed by atoms with Gasteiger partial charge in [0.15, 0.2) is 0 Å². The van der Waals surface area contributed by atoms with E-state index in [4.69, 9.17) is 17.3 Å². The lowest BCUT2D eigenvalue weighted by Gasteiger charge is -2.10. The molecule has 0 aliphatic heterocycles. The largest absolute Gasteiger partial charge is 0.419 e. The fourth-order valence-corrected chi connectivity index (χ4v) is 1.81. The van der Waals surface area contributed by atoms with E-state index in [0.717, 1.165) is 12.1 Å². The molecule has 2 aromatic rings. The zero-order valence-corrected chi connectivity index (χ0v) is 10.2. The Balaban J connectivity index is 2.54. The summed E-state index contributed by atoms with van der Waals surface area (Å²) in [5.74, 6) is -1.31. The predicted molar refractivity (Wildman–Crippen MR) is 66.3 cm³/mol. The van der Waals surface area contributed by atoms with Crippen molar-refractivity contribution in [1.29, 1.82) is 0 Å². The van der Waals surface area contributed by atoms with Crippen LogP contribution in [-0.4, -0.2) is 0 Å². The molecule has 0 aromatic heterocycles.